The van der Waals surface area contributed by atoms with Crippen molar-refractivity contribution in [2.75, 3.05) is 46.4 Å². The van der Waals surface area contributed by atoms with Gasteiger partial charge in [-0.25, -0.2) is 13.8 Å². The molecule has 2 N–H and O–H groups in total. The van der Waals surface area contributed by atoms with Gasteiger partial charge in [0.25, 0.3) is 0 Å². The van der Waals surface area contributed by atoms with Gasteiger partial charge >= 0.3 is 0 Å². The van der Waals surface area contributed by atoms with E-state index in [2.05, 4.69) is 37.4 Å². The van der Waals surface area contributed by atoms with Crippen molar-refractivity contribution in [2.24, 2.45) is 5.41 Å². The zero-order valence-electron chi connectivity index (χ0n) is 25.1. The summed E-state index contributed by atoms with van der Waals surface area (Å²) in [6, 6.07) is 0.938. The molecule has 2 fully saturated rings. The summed E-state index contributed by atoms with van der Waals surface area (Å²) in [7, 11) is 8.46. The van der Waals surface area contributed by atoms with Crippen LogP contribution >= 0.6 is 0 Å². The number of nitrogens with zero attached hydrogens (tertiary/aromatic N) is 4. The molecule has 4 aliphatic rings. The Labute approximate surface area is 261 Å². The van der Waals surface area contributed by atoms with Crippen molar-refractivity contribution in [1.29, 1.82) is 0 Å². The summed E-state index contributed by atoms with van der Waals surface area (Å²) in [6.45, 7) is 5.20. The van der Waals surface area contributed by atoms with Crippen LogP contribution in [0.3, 0.4) is 0 Å². The second-order valence-corrected chi connectivity index (χ2v) is 11.8. The van der Waals surface area contributed by atoms with Gasteiger partial charge in [-0.15, -0.1) is 0 Å². The highest BCUT2D eigenvalue weighted by molar-refractivity contribution is 6.40. The molecule has 2 aromatic heterocycles. The Kier molecular flexibility index (Phi) is 9.00. The number of carbonyl (C=O) groups is 2. The number of carbonyl (C=O) groups excluding carboxylic acids is 2. The fraction of sp³-hybridized carbons (Fsp3) is 0.438. The molecule has 234 valence electrons. The maximum absolute atomic E-state index is 15.2. The number of piperazine rings is 1. The summed E-state index contributed by atoms with van der Waals surface area (Å²) in [5.41, 5.74) is -0.0534. The second kappa shape index (κ2) is 13.1. The minimum absolute atomic E-state index is 0.0138. The van der Waals surface area contributed by atoms with Crippen molar-refractivity contribution in [3.8, 4) is 11.6 Å². The molecular formula is C32H35BF2N6O4. The van der Waals surface area contributed by atoms with Gasteiger partial charge in [0, 0.05) is 57.2 Å². The second-order valence-electron chi connectivity index (χ2n) is 11.8. The lowest BCUT2D eigenvalue weighted by Gasteiger charge is -2.32. The lowest BCUT2D eigenvalue weighted by atomic mass is 9.94. The molecular weight excluding hydrogens is 581 g/mol. The van der Waals surface area contributed by atoms with Crippen molar-refractivity contribution >= 4 is 36.0 Å². The molecule has 0 spiro atoms. The molecule has 10 nitrogen and oxygen atoms in total. The van der Waals surface area contributed by atoms with Gasteiger partial charge in [-0.05, 0) is 62.1 Å². The molecule has 0 aromatic carbocycles. The summed E-state index contributed by atoms with van der Waals surface area (Å²) >= 11 is 0. The Morgan fingerprint density at radius 2 is 1.93 bits per heavy atom. The van der Waals surface area contributed by atoms with Gasteiger partial charge < -0.3 is 25.0 Å². The summed E-state index contributed by atoms with van der Waals surface area (Å²) < 4.78 is 40.3. The highest BCUT2D eigenvalue weighted by atomic mass is 19.1. The average molecular weight is 616 g/mol. The van der Waals surface area contributed by atoms with Crippen LogP contribution < -0.4 is 25.6 Å². The smallest absolute Gasteiger partial charge is 0.240 e. The van der Waals surface area contributed by atoms with Gasteiger partial charge in [0.1, 0.15) is 31.8 Å². The van der Waals surface area contributed by atoms with Crippen molar-refractivity contribution in [3.05, 3.63) is 66.1 Å². The lowest BCUT2D eigenvalue weighted by Crippen LogP contribution is -2.46. The zero-order valence-corrected chi connectivity index (χ0v) is 25.1. The molecule has 45 heavy (non-hydrogen) atoms. The van der Waals surface area contributed by atoms with Gasteiger partial charge in [0.2, 0.25) is 17.7 Å². The van der Waals surface area contributed by atoms with E-state index in [0.29, 0.717) is 41.8 Å². The normalized spacial score (nSPS) is 23.0. The zero-order chi connectivity index (χ0) is 31.6. The first-order valence-electron chi connectivity index (χ1n) is 15.2. The van der Waals surface area contributed by atoms with Gasteiger partial charge in [-0.1, -0.05) is 6.08 Å². The quantitative estimate of drug-likeness (QED) is 0.309. The molecule has 1 saturated carbocycles. The molecule has 1 saturated heterocycles. The topological polar surface area (TPSA) is 109 Å². The molecule has 13 heteroatoms. The summed E-state index contributed by atoms with van der Waals surface area (Å²) in [5, 5.41) is 5.98. The lowest BCUT2D eigenvalue weighted by molar-refractivity contribution is -0.137. The molecule has 1 aliphatic heterocycles. The van der Waals surface area contributed by atoms with Crippen LogP contribution in [0.4, 0.5) is 8.78 Å². The molecule has 2 unspecified atom stereocenters. The maximum atomic E-state index is 15.2. The Morgan fingerprint density at radius 1 is 1.13 bits per heavy atom. The van der Waals surface area contributed by atoms with E-state index in [4.69, 9.17) is 17.3 Å². The Bertz CT molecular complexity index is 1600. The highest BCUT2D eigenvalue weighted by Gasteiger charge is 2.57. The highest BCUT2D eigenvalue weighted by Crippen LogP contribution is 2.46. The first-order chi connectivity index (χ1) is 21.7. The molecule has 3 aliphatic carbocycles. The van der Waals surface area contributed by atoms with Crippen LogP contribution in [0.2, 0.25) is 0 Å². The van der Waals surface area contributed by atoms with Crippen molar-refractivity contribution in [3.63, 3.8) is 0 Å². The fourth-order valence-corrected chi connectivity index (χ4v) is 5.53. The fourth-order valence-electron chi connectivity index (χ4n) is 5.53. The number of amides is 2. The van der Waals surface area contributed by atoms with Crippen molar-refractivity contribution < 1.29 is 27.8 Å². The number of allylic oxidation sites excluding steroid dienone is 4. The van der Waals surface area contributed by atoms with E-state index in [1.54, 1.807) is 24.4 Å². The number of hydrogen-bond acceptors (Lipinski definition) is 8. The van der Waals surface area contributed by atoms with Crippen LogP contribution in [0.1, 0.15) is 25.7 Å². The van der Waals surface area contributed by atoms with Crippen LogP contribution in [-0.4, -0.2) is 98.0 Å². The minimum atomic E-state index is -1.22. The first-order valence-corrected chi connectivity index (χ1v) is 15.2. The third-order valence-corrected chi connectivity index (χ3v) is 8.59. The summed E-state index contributed by atoms with van der Waals surface area (Å²) in [6.07, 6.45) is 10.4. The predicted molar refractivity (Wildman–Crippen MR) is 165 cm³/mol. The SMILES string of the molecule is [B]c1c(OCCN2CCN(C)CC2)ncc2c(OC3=CCC(NC(=O)C4(C(=O)NC5=CCC(F)C=C5)CC4)C=C3F)ccnc12. The number of hydrogen-bond donors (Lipinski definition) is 2. The number of nitrogens with one attached hydrogen (secondary N) is 2. The number of ether oxygens (including phenoxy) is 2. The van der Waals surface area contributed by atoms with Gasteiger partial charge in [0.05, 0.1) is 16.9 Å². The largest absolute Gasteiger partial charge is 0.477 e. The Hall–Kier alpha value is -4.10. The van der Waals surface area contributed by atoms with E-state index < -0.39 is 35.3 Å². The number of likely N-dealkylation sites (N-methyl/N-ethyl adjacent to an activating group) is 1. The Morgan fingerprint density at radius 3 is 2.64 bits per heavy atom. The average Bonchev–Trinajstić information content (AvgIpc) is 3.85. The van der Waals surface area contributed by atoms with E-state index in [1.165, 1.54) is 24.4 Å². The van der Waals surface area contributed by atoms with Crippen LogP contribution in [-0.2, 0) is 9.59 Å². The molecule has 2 aromatic rings. The first kappa shape index (κ1) is 30.9. The Balaban J connectivity index is 1.05. The number of halogens is 2. The number of rotatable bonds is 10. The van der Waals surface area contributed by atoms with Gasteiger partial charge in [-0.2, -0.15) is 0 Å². The number of fused-ring (bicyclic) bond motifs is 1. The third-order valence-electron chi connectivity index (χ3n) is 8.59. The number of alkyl halides is 1. The number of aromatic nitrogens is 2. The van der Waals surface area contributed by atoms with Crippen LogP contribution in [0.25, 0.3) is 10.9 Å². The van der Waals surface area contributed by atoms with Gasteiger partial charge in [0.15, 0.2) is 11.6 Å². The maximum Gasteiger partial charge on any atom is 0.240 e. The van der Waals surface area contributed by atoms with Crippen molar-refractivity contribution in [1.82, 2.24) is 30.4 Å². The number of pyridine rings is 2. The van der Waals surface area contributed by atoms with Crippen LogP contribution in [0.5, 0.6) is 11.6 Å². The molecule has 0 bridgehead atoms. The third kappa shape index (κ3) is 6.94. The van der Waals surface area contributed by atoms with Crippen LogP contribution in [0, 0.1) is 5.41 Å². The van der Waals surface area contributed by atoms with Gasteiger partial charge in [-0.3, -0.25) is 19.5 Å². The summed E-state index contributed by atoms with van der Waals surface area (Å²) in [5.74, 6) is -0.994. The molecule has 2 atom stereocenters. The molecule has 2 amide bonds. The monoisotopic (exact) mass is 616 g/mol. The summed E-state index contributed by atoms with van der Waals surface area (Å²) in [4.78, 5) is 39.3. The molecule has 6 rings (SSSR count). The van der Waals surface area contributed by atoms with E-state index in [-0.39, 0.29) is 29.9 Å². The molecule has 2 radical (unpaired) electrons. The minimum Gasteiger partial charge on any atom is -0.477 e. The van der Waals surface area contributed by atoms with Crippen LogP contribution in [0.15, 0.2) is 66.1 Å². The van der Waals surface area contributed by atoms with Crippen molar-refractivity contribution in [2.45, 2.75) is 37.9 Å². The van der Waals surface area contributed by atoms with E-state index in [0.717, 1.165) is 32.7 Å². The van der Waals surface area contributed by atoms with E-state index in [1.807, 2.05) is 0 Å². The predicted octanol–water partition coefficient (Wildman–Crippen LogP) is 2.13. The van der Waals surface area contributed by atoms with E-state index >= 15 is 4.39 Å². The van der Waals surface area contributed by atoms with E-state index in [9.17, 15) is 14.0 Å². The standard InChI is InChI=1S/C32H35BF2N6O4/c1-40-12-14-41(15-13-40)16-17-44-29-27(33)28-23(19-37-29)25(8-11-36-28)45-26-7-6-22(18-24(26)35)39-31(43)32(9-10-32)30(42)38-21-4-2-20(34)3-5-21/h2,4-5,7-8,11,18-20,22H,3,6,9-10,12-17H2,1H3,(H,38,42)(H,39,43). The molecule has 3 heterocycles.